The third kappa shape index (κ3) is 4.14. The van der Waals surface area contributed by atoms with E-state index in [4.69, 9.17) is 9.47 Å². The van der Waals surface area contributed by atoms with Crippen LogP contribution in [0.15, 0.2) is 41.5 Å². The zero-order valence-corrected chi connectivity index (χ0v) is 12.6. The molecule has 1 fully saturated rings. The maximum Gasteiger partial charge on any atom is 0.270 e. The van der Waals surface area contributed by atoms with Crippen molar-refractivity contribution in [2.75, 3.05) is 26.3 Å². The van der Waals surface area contributed by atoms with Gasteiger partial charge in [-0.05, 0) is 12.1 Å². The second kappa shape index (κ2) is 7.34. The van der Waals surface area contributed by atoms with Crippen LogP contribution in [-0.4, -0.2) is 47.3 Å². The van der Waals surface area contributed by atoms with Crippen LogP contribution in [0, 0.1) is 5.82 Å². The number of aromatic amines is 1. The van der Waals surface area contributed by atoms with E-state index in [0.29, 0.717) is 31.9 Å². The Morgan fingerprint density at radius 1 is 1.43 bits per heavy atom. The zero-order valence-electron chi connectivity index (χ0n) is 12.6. The van der Waals surface area contributed by atoms with Crippen molar-refractivity contribution in [3.8, 4) is 5.75 Å². The first-order valence-corrected chi connectivity index (χ1v) is 7.46. The van der Waals surface area contributed by atoms with Crippen LogP contribution < -0.4 is 10.3 Å². The standard InChI is InChI=1S/C16H18FN3O3/c17-13-3-1-2-4-15(13)23-11-12-9-20(7-8-22-12)10-14-16(21)19-6-5-18-14/h1-6,12H,7-11H2,(H,19,21). The van der Waals surface area contributed by atoms with E-state index >= 15 is 0 Å². The van der Waals surface area contributed by atoms with Crippen LogP contribution in [0.3, 0.4) is 0 Å². The quantitative estimate of drug-likeness (QED) is 0.897. The van der Waals surface area contributed by atoms with Crippen molar-refractivity contribution >= 4 is 0 Å². The van der Waals surface area contributed by atoms with Gasteiger partial charge in [0.2, 0.25) is 0 Å². The molecule has 3 rings (SSSR count). The molecule has 6 nitrogen and oxygen atoms in total. The van der Waals surface area contributed by atoms with Gasteiger partial charge in [0.1, 0.15) is 18.4 Å². The van der Waals surface area contributed by atoms with Gasteiger partial charge in [0.25, 0.3) is 5.56 Å². The minimum atomic E-state index is -0.389. The lowest BCUT2D eigenvalue weighted by molar-refractivity contribution is -0.0512. The average molecular weight is 319 g/mol. The maximum atomic E-state index is 13.5. The fraction of sp³-hybridized carbons (Fsp3) is 0.375. The Bertz CT molecular complexity index is 707. The number of ether oxygens (including phenoxy) is 2. The number of nitrogens with zero attached hydrogens (tertiary/aromatic N) is 2. The fourth-order valence-corrected chi connectivity index (χ4v) is 2.48. The summed E-state index contributed by atoms with van der Waals surface area (Å²) in [5.41, 5.74) is 0.293. The van der Waals surface area contributed by atoms with Gasteiger partial charge in [-0.3, -0.25) is 14.7 Å². The number of para-hydroxylation sites is 1. The molecule has 2 heterocycles. The molecule has 1 saturated heterocycles. The molecule has 1 unspecified atom stereocenters. The SMILES string of the molecule is O=c1[nH]ccnc1CN1CCOC(COc2ccccc2F)C1. The molecule has 0 aliphatic carbocycles. The summed E-state index contributed by atoms with van der Waals surface area (Å²) < 4.78 is 24.7. The summed E-state index contributed by atoms with van der Waals surface area (Å²) in [6.45, 7) is 2.57. The minimum Gasteiger partial charge on any atom is -0.488 e. The Hall–Kier alpha value is -2.25. The van der Waals surface area contributed by atoms with Crippen molar-refractivity contribution in [3.05, 3.63) is 58.5 Å². The first kappa shape index (κ1) is 15.6. The van der Waals surface area contributed by atoms with Crippen LogP contribution in [0.2, 0.25) is 0 Å². The molecule has 122 valence electrons. The normalized spacial score (nSPS) is 18.7. The van der Waals surface area contributed by atoms with E-state index in [0.717, 1.165) is 0 Å². The van der Waals surface area contributed by atoms with Gasteiger partial charge in [-0.15, -0.1) is 0 Å². The molecule has 7 heteroatoms. The highest BCUT2D eigenvalue weighted by atomic mass is 19.1. The molecular weight excluding hydrogens is 301 g/mol. The van der Waals surface area contributed by atoms with Gasteiger partial charge < -0.3 is 14.5 Å². The van der Waals surface area contributed by atoms with Gasteiger partial charge in [0, 0.05) is 32.0 Å². The van der Waals surface area contributed by atoms with Gasteiger partial charge in [0.05, 0.1) is 6.61 Å². The van der Waals surface area contributed by atoms with Crippen molar-refractivity contribution in [1.82, 2.24) is 14.9 Å². The van der Waals surface area contributed by atoms with E-state index in [2.05, 4.69) is 14.9 Å². The predicted octanol–water partition coefficient (Wildman–Crippen LogP) is 1.19. The van der Waals surface area contributed by atoms with Crippen molar-refractivity contribution in [3.63, 3.8) is 0 Å². The molecule has 1 aromatic carbocycles. The number of halogens is 1. The average Bonchev–Trinajstić information content (AvgIpc) is 2.57. The van der Waals surface area contributed by atoms with E-state index in [9.17, 15) is 9.18 Å². The number of nitrogens with one attached hydrogen (secondary N) is 1. The number of hydrogen-bond acceptors (Lipinski definition) is 5. The molecule has 2 aromatic rings. The lowest BCUT2D eigenvalue weighted by Gasteiger charge is -2.32. The van der Waals surface area contributed by atoms with Crippen LogP contribution >= 0.6 is 0 Å². The molecule has 1 N–H and O–H groups in total. The van der Waals surface area contributed by atoms with Crippen molar-refractivity contribution < 1.29 is 13.9 Å². The molecule has 1 aliphatic heterocycles. The van der Waals surface area contributed by atoms with Crippen molar-refractivity contribution in [2.45, 2.75) is 12.6 Å². The Kier molecular flexibility index (Phi) is 4.99. The lowest BCUT2D eigenvalue weighted by atomic mass is 10.2. The third-order valence-corrected chi connectivity index (χ3v) is 3.64. The number of H-pyrrole nitrogens is 1. The summed E-state index contributed by atoms with van der Waals surface area (Å²) in [6.07, 6.45) is 2.90. The monoisotopic (exact) mass is 319 g/mol. The first-order valence-electron chi connectivity index (χ1n) is 7.46. The highest BCUT2D eigenvalue weighted by Gasteiger charge is 2.22. The fourth-order valence-electron chi connectivity index (χ4n) is 2.48. The van der Waals surface area contributed by atoms with Gasteiger partial charge in [-0.2, -0.15) is 0 Å². The Morgan fingerprint density at radius 3 is 3.13 bits per heavy atom. The van der Waals surface area contributed by atoms with Gasteiger partial charge >= 0.3 is 0 Å². The summed E-state index contributed by atoms with van der Waals surface area (Å²) in [5.74, 6) is -0.172. The molecule has 0 spiro atoms. The van der Waals surface area contributed by atoms with Crippen LogP contribution in [0.1, 0.15) is 5.69 Å². The molecule has 1 atom stereocenters. The maximum absolute atomic E-state index is 13.5. The first-order chi connectivity index (χ1) is 11.2. The van der Waals surface area contributed by atoms with Gasteiger partial charge in [-0.25, -0.2) is 4.39 Å². The molecule has 0 radical (unpaired) electrons. The molecule has 23 heavy (non-hydrogen) atoms. The smallest absolute Gasteiger partial charge is 0.270 e. The third-order valence-electron chi connectivity index (χ3n) is 3.64. The van der Waals surface area contributed by atoms with Gasteiger partial charge in [-0.1, -0.05) is 12.1 Å². The highest BCUT2D eigenvalue weighted by molar-refractivity contribution is 5.23. The summed E-state index contributed by atoms with van der Waals surface area (Å²) in [7, 11) is 0. The summed E-state index contributed by atoms with van der Waals surface area (Å²) >= 11 is 0. The second-order valence-electron chi connectivity index (χ2n) is 5.33. The Balaban J connectivity index is 1.55. The number of benzene rings is 1. The molecule has 0 amide bonds. The van der Waals surface area contributed by atoms with E-state index < -0.39 is 0 Å². The molecule has 0 saturated carbocycles. The minimum absolute atomic E-state index is 0.175. The van der Waals surface area contributed by atoms with Crippen LogP contribution in [0.5, 0.6) is 5.75 Å². The van der Waals surface area contributed by atoms with Crippen molar-refractivity contribution in [1.29, 1.82) is 0 Å². The second-order valence-corrected chi connectivity index (χ2v) is 5.33. The Labute approximate surface area is 132 Å². The topological polar surface area (TPSA) is 67.5 Å². The van der Waals surface area contributed by atoms with E-state index in [1.807, 2.05) is 0 Å². The summed E-state index contributed by atoms with van der Waals surface area (Å²) in [4.78, 5) is 20.5. The molecule has 0 bridgehead atoms. The Morgan fingerprint density at radius 2 is 2.30 bits per heavy atom. The van der Waals surface area contributed by atoms with Crippen molar-refractivity contribution in [2.24, 2.45) is 0 Å². The summed E-state index contributed by atoms with van der Waals surface area (Å²) in [6, 6.07) is 6.28. The van der Waals surface area contributed by atoms with Crippen LogP contribution in [0.4, 0.5) is 4.39 Å². The van der Waals surface area contributed by atoms with Gasteiger partial charge in [0.15, 0.2) is 11.6 Å². The lowest BCUT2D eigenvalue weighted by Crippen LogP contribution is -2.45. The molecule has 1 aliphatic rings. The zero-order chi connectivity index (χ0) is 16.1. The number of morpholine rings is 1. The summed E-state index contributed by atoms with van der Waals surface area (Å²) in [5, 5.41) is 0. The largest absolute Gasteiger partial charge is 0.488 e. The predicted molar refractivity (Wildman–Crippen MR) is 81.8 cm³/mol. The van der Waals surface area contributed by atoms with Crippen LogP contribution in [-0.2, 0) is 11.3 Å². The highest BCUT2D eigenvalue weighted by Crippen LogP contribution is 2.17. The number of aromatic nitrogens is 2. The molecular formula is C16H18FN3O3. The van der Waals surface area contributed by atoms with E-state index in [1.54, 1.807) is 24.4 Å². The number of hydrogen-bond donors (Lipinski definition) is 1. The van der Waals surface area contributed by atoms with E-state index in [-0.39, 0.29) is 29.8 Å². The van der Waals surface area contributed by atoms with E-state index in [1.165, 1.54) is 12.3 Å². The van der Waals surface area contributed by atoms with Crippen LogP contribution in [0.25, 0.3) is 0 Å². The molecule has 1 aromatic heterocycles. The number of rotatable bonds is 5.